The van der Waals surface area contributed by atoms with Gasteiger partial charge in [0.25, 0.3) is 0 Å². The van der Waals surface area contributed by atoms with E-state index in [1.165, 1.54) is 6.07 Å². The Kier molecular flexibility index (Phi) is 4.37. The first-order valence-electron chi connectivity index (χ1n) is 6.53. The Hall–Kier alpha value is -1.62. The molecule has 1 unspecified atom stereocenters. The van der Waals surface area contributed by atoms with Crippen LogP contribution in [-0.4, -0.2) is 18.6 Å². The van der Waals surface area contributed by atoms with E-state index in [1.54, 1.807) is 19.1 Å². The number of hydrogen-bond acceptors (Lipinski definition) is 3. The number of ether oxygens (including phenoxy) is 1. The van der Waals surface area contributed by atoms with Crippen LogP contribution in [0.1, 0.15) is 37.8 Å². The molecule has 5 heteroatoms. The molecule has 1 amide bonds. The summed E-state index contributed by atoms with van der Waals surface area (Å²) in [6.07, 6.45) is 2.35. The summed E-state index contributed by atoms with van der Waals surface area (Å²) in [5, 5.41) is 2.85. The van der Waals surface area contributed by atoms with Gasteiger partial charge in [-0.15, -0.1) is 0 Å². The van der Waals surface area contributed by atoms with Crippen LogP contribution in [0.2, 0.25) is 0 Å². The smallest absolute Gasteiger partial charge is 0.223 e. The van der Waals surface area contributed by atoms with Gasteiger partial charge in [0.15, 0.2) is 11.6 Å². The Morgan fingerprint density at radius 1 is 1.58 bits per heavy atom. The number of nitrogens with two attached hydrogens (primary N) is 1. The second-order valence-corrected chi connectivity index (χ2v) is 4.92. The third-order valence-electron chi connectivity index (χ3n) is 3.01. The molecular weight excluding hydrogens is 247 g/mol. The molecule has 0 heterocycles. The van der Waals surface area contributed by atoms with Crippen LogP contribution in [0.3, 0.4) is 0 Å². The quantitative estimate of drug-likeness (QED) is 0.826. The van der Waals surface area contributed by atoms with Gasteiger partial charge >= 0.3 is 0 Å². The van der Waals surface area contributed by atoms with E-state index >= 15 is 0 Å². The van der Waals surface area contributed by atoms with Gasteiger partial charge in [-0.25, -0.2) is 4.39 Å². The number of benzene rings is 1. The van der Waals surface area contributed by atoms with Crippen LogP contribution in [-0.2, 0) is 4.79 Å². The van der Waals surface area contributed by atoms with Crippen molar-refractivity contribution in [3.63, 3.8) is 0 Å². The molecule has 4 nitrogen and oxygen atoms in total. The summed E-state index contributed by atoms with van der Waals surface area (Å²) in [7, 11) is 0. The first-order chi connectivity index (χ1) is 9.06. The predicted octanol–water partition coefficient (Wildman–Crippen LogP) is 1.89. The van der Waals surface area contributed by atoms with Crippen LogP contribution in [0.5, 0.6) is 5.75 Å². The molecule has 1 aliphatic rings. The van der Waals surface area contributed by atoms with E-state index in [4.69, 9.17) is 10.5 Å². The van der Waals surface area contributed by atoms with Gasteiger partial charge in [-0.05, 0) is 37.5 Å². The minimum absolute atomic E-state index is 0.0462. The van der Waals surface area contributed by atoms with Crippen molar-refractivity contribution in [1.29, 1.82) is 0 Å². The molecule has 1 atom stereocenters. The maximum absolute atomic E-state index is 13.7. The highest BCUT2D eigenvalue weighted by molar-refractivity contribution is 5.76. The van der Waals surface area contributed by atoms with Crippen molar-refractivity contribution in [3.05, 3.63) is 29.6 Å². The lowest BCUT2D eigenvalue weighted by molar-refractivity contribution is -0.121. The molecule has 0 saturated heterocycles. The summed E-state index contributed by atoms with van der Waals surface area (Å²) in [6.45, 7) is 1.96. The zero-order valence-corrected chi connectivity index (χ0v) is 11.0. The molecule has 1 saturated carbocycles. The lowest BCUT2D eigenvalue weighted by Crippen LogP contribution is -2.26. The van der Waals surface area contributed by atoms with Gasteiger partial charge in [0.2, 0.25) is 5.91 Å². The number of hydrogen-bond donors (Lipinski definition) is 2. The molecule has 1 aliphatic carbocycles. The van der Waals surface area contributed by atoms with E-state index in [1.807, 2.05) is 0 Å². The van der Waals surface area contributed by atoms with Crippen molar-refractivity contribution < 1.29 is 13.9 Å². The van der Waals surface area contributed by atoms with Crippen molar-refractivity contribution in [2.24, 2.45) is 5.73 Å². The third kappa shape index (κ3) is 4.21. The largest absolute Gasteiger partial charge is 0.490 e. The minimum atomic E-state index is -0.447. The molecule has 19 heavy (non-hydrogen) atoms. The maximum atomic E-state index is 13.7. The highest BCUT2D eigenvalue weighted by Crippen LogP contribution is 2.21. The van der Waals surface area contributed by atoms with Crippen LogP contribution in [0.15, 0.2) is 18.2 Å². The van der Waals surface area contributed by atoms with Crippen LogP contribution in [0, 0.1) is 5.82 Å². The number of halogens is 1. The Bertz CT molecular complexity index is 459. The van der Waals surface area contributed by atoms with Crippen molar-refractivity contribution >= 4 is 5.91 Å². The molecule has 0 radical (unpaired) electrons. The summed E-state index contributed by atoms with van der Waals surface area (Å²) < 4.78 is 18.9. The molecule has 0 spiro atoms. The summed E-state index contributed by atoms with van der Waals surface area (Å²) in [5.41, 5.74) is 6.38. The van der Waals surface area contributed by atoms with Gasteiger partial charge in [-0.2, -0.15) is 0 Å². The SMILES string of the molecule is CC(N)c1ccc(OCCC(=O)NC2CC2)c(F)c1. The molecule has 1 fully saturated rings. The molecule has 1 aromatic rings. The molecule has 0 aromatic heterocycles. The van der Waals surface area contributed by atoms with E-state index in [0.717, 1.165) is 18.4 Å². The maximum Gasteiger partial charge on any atom is 0.223 e. The van der Waals surface area contributed by atoms with E-state index in [9.17, 15) is 9.18 Å². The summed E-state index contributed by atoms with van der Waals surface area (Å²) in [4.78, 5) is 11.4. The highest BCUT2D eigenvalue weighted by Gasteiger charge is 2.22. The molecule has 0 aliphatic heterocycles. The average Bonchev–Trinajstić information content (AvgIpc) is 3.14. The topological polar surface area (TPSA) is 64.3 Å². The number of nitrogens with one attached hydrogen (secondary N) is 1. The lowest BCUT2D eigenvalue weighted by atomic mass is 10.1. The molecule has 104 valence electrons. The average molecular weight is 266 g/mol. The Morgan fingerprint density at radius 2 is 2.32 bits per heavy atom. The van der Waals surface area contributed by atoms with Crippen molar-refractivity contribution in [3.8, 4) is 5.75 Å². The first-order valence-corrected chi connectivity index (χ1v) is 6.53. The number of rotatable bonds is 6. The van der Waals surface area contributed by atoms with E-state index in [2.05, 4.69) is 5.32 Å². The predicted molar refractivity (Wildman–Crippen MR) is 70.3 cm³/mol. The second-order valence-electron chi connectivity index (χ2n) is 4.92. The van der Waals surface area contributed by atoms with Gasteiger partial charge in [-0.1, -0.05) is 6.07 Å². The summed E-state index contributed by atoms with van der Waals surface area (Å²) in [5.74, 6) is -0.337. The van der Waals surface area contributed by atoms with Gasteiger partial charge in [0.05, 0.1) is 13.0 Å². The fourth-order valence-corrected chi connectivity index (χ4v) is 1.70. The summed E-state index contributed by atoms with van der Waals surface area (Å²) in [6, 6.07) is 4.77. The third-order valence-corrected chi connectivity index (χ3v) is 3.01. The van der Waals surface area contributed by atoms with Gasteiger partial charge < -0.3 is 15.8 Å². The number of amides is 1. The highest BCUT2D eigenvalue weighted by atomic mass is 19.1. The molecular formula is C14H19FN2O2. The molecule has 3 N–H and O–H groups in total. The van der Waals surface area contributed by atoms with E-state index in [-0.39, 0.29) is 30.7 Å². The fraction of sp³-hybridized carbons (Fsp3) is 0.500. The first kappa shape index (κ1) is 13.8. The van der Waals surface area contributed by atoms with Crippen LogP contribution in [0.4, 0.5) is 4.39 Å². The van der Waals surface area contributed by atoms with Crippen LogP contribution >= 0.6 is 0 Å². The zero-order chi connectivity index (χ0) is 13.8. The zero-order valence-electron chi connectivity index (χ0n) is 11.0. The number of carbonyl (C=O) groups is 1. The standard InChI is InChI=1S/C14H19FN2O2/c1-9(16)10-2-5-13(12(15)8-10)19-7-6-14(18)17-11-3-4-11/h2,5,8-9,11H,3-4,6-7,16H2,1H3,(H,17,18). The number of carbonyl (C=O) groups excluding carboxylic acids is 1. The van der Waals surface area contributed by atoms with Gasteiger partial charge in [-0.3, -0.25) is 4.79 Å². The van der Waals surface area contributed by atoms with Crippen LogP contribution < -0.4 is 15.8 Å². The molecule has 2 rings (SSSR count). The fourth-order valence-electron chi connectivity index (χ4n) is 1.70. The molecule has 1 aromatic carbocycles. The minimum Gasteiger partial charge on any atom is -0.490 e. The van der Waals surface area contributed by atoms with Crippen molar-refractivity contribution in [2.75, 3.05) is 6.61 Å². The van der Waals surface area contributed by atoms with E-state index < -0.39 is 5.82 Å². The monoisotopic (exact) mass is 266 g/mol. The van der Waals surface area contributed by atoms with Crippen LogP contribution in [0.25, 0.3) is 0 Å². The molecule has 0 bridgehead atoms. The van der Waals surface area contributed by atoms with Gasteiger partial charge in [0, 0.05) is 12.1 Å². The van der Waals surface area contributed by atoms with Crippen molar-refractivity contribution in [1.82, 2.24) is 5.32 Å². The second kappa shape index (κ2) is 6.02. The normalized spacial score (nSPS) is 15.9. The Morgan fingerprint density at radius 3 is 2.89 bits per heavy atom. The van der Waals surface area contributed by atoms with E-state index in [0.29, 0.717) is 6.04 Å². The van der Waals surface area contributed by atoms with Gasteiger partial charge in [0.1, 0.15) is 0 Å². The summed E-state index contributed by atoms with van der Waals surface area (Å²) >= 11 is 0. The lowest BCUT2D eigenvalue weighted by Gasteiger charge is -2.10. The Balaban J connectivity index is 1.80. The Labute approximate surface area is 112 Å². The van der Waals surface area contributed by atoms with Crippen molar-refractivity contribution in [2.45, 2.75) is 38.3 Å².